The second-order valence-electron chi connectivity index (χ2n) is 4.13. The summed E-state index contributed by atoms with van der Waals surface area (Å²) in [5, 5.41) is 4.06. The number of benzene rings is 1. The molecule has 0 spiro atoms. The molecule has 0 atom stereocenters. The number of nitrogens with one attached hydrogen (secondary N) is 1. The molecule has 0 radical (unpaired) electrons. The number of Topliss-reactive ketones (excluding diaryl/α,β-unsaturated/α-hetero) is 1. The molecule has 1 fully saturated rings. The number of halogens is 2. The van der Waals surface area contributed by atoms with Crippen LogP contribution in [-0.2, 0) is 0 Å². The molecule has 0 aliphatic heterocycles. The normalized spacial score (nSPS) is 15.1. The largest absolute Gasteiger partial charge is 0.309 e. The van der Waals surface area contributed by atoms with Crippen LogP contribution in [0.3, 0.4) is 0 Å². The number of hydrogen-bond donors (Lipinski definition) is 1. The fourth-order valence-corrected chi connectivity index (χ4v) is 1.78. The van der Waals surface area contributed by atoms with Crippen molar-refractivity contribution in [2.45, 2.75) is 12.8 Å². The van der Waals surface area contributed by atoms with Crippen LogP contribution in [0.5, 0.6) is 0 Å². The van der Waals surface area contributed by atoms with Crippen LogP contribution in [0.4, 0.5) is 0 Å². The van der Waals surface area contributed by atoms with Gasteiger partial charge < -0.3 is 5.32 Å². The Hall–Kier alpha value is -0.570. The van der Waals surface area contributed by atoms with Gasteiger partial charge in [-0.15, -0.1) is 0 Å². The van der Waals surface area contributed by atoms with Gasteiger partial charge in [0.25, 0.3) is 0 Å². The molecule has 1 aromatic rings. The standard InChI is InChI=1S/C12H13Cl2NO/c13-10-4-3-9(5-11(10)14)12(16)7-15-6-8-1-2-8/h3-5,8,15H,1-2,6-7H2. The Morgan fingerprint density at radius 2 is 2.06 bits per heavy atom. The summed E-state index contributed by atoms with van der Waals surface area (Å²) >= 11 is 11.6. The smallest absolute Gasteiger partial charge is 0.176 e. The summed E-state index contributed by atoms with van der Waals surface area (Å²) in [4.78, 5) is 11.7. The molecule has 16 heavy (non-hydrogen) atoms. The van der Waals surface area contributed by atoms with Crippen molar-refractivity contribution >= 4 is 29.0 Å². The maximum absolute atomic E-state index is 11.7. The summed E-state index contributed by atoms with van der Waals surface area (Å²) in [6.07, 6.45) is 2.57. The van der Waals surface area contributed by atoms with E-state index in [9.17, 15) is 4.79 Å². The van der Waals surface area contributed by atoms with Crippen molar-refractivity contribution < 1.29 is 4.79 Å². The van der Waals surface area contributed by atoms with Gasteiger partial charge in [-0.05, 0) is 43.5 Å². The summed E-state index contributed by atoms with van der Waals surface area (Å²) in [6.45, 7) is 1.31. The van der Waals surface area contributed by atoms with Crippen LogP contribution in [0.1, 0.15) is 23.2 Å². The minimum atomic E-state index is 0.0548. The van der Waals surface area contributed by atoms with Crippen molar-refractivity contribution in [3.63, 3.8) is 0 Å². The molecule has 1 aliphatic rings. The first-order valence-electron chi connectivity index (χ1n) is 5.36. The van der Waals surface area contributed by atoms with Crippen LogP contribution in [-0.4, -0.2) is 18.9 Å². The lowest BCUT2D eigenvalue weighted by molar-refractivity contribution is 0.0991. The molecule has 1 N–H and O–H groups in total. The van der Waals surface area contributed by atoms with Gasteiger partial charge in [-0.3, -0.25) is 4.79 Å². The van der Waals surface area contributed by atoms with Crippen LogP contribution in [0.2, 0.25) is 10.0 Å². The molecule has 1 aromatic carbocycles. The highest BCUT2D eigenvalue weighted by Crippen LogP contribution is 2.27. The fourth-order valence-electron chi connectivity index (χ4n) is 1.48. The lowest BCUT2D eigenvalue weighted by Crippen LogP contribution is -2.24. The number of rotatable bonds is 5. The third-order valence-corrected chi connectivity index (χ3v) is 3.40. The lowest BCUT2D eigenvalue weighted by atomic mass is 10.1. The number of carbonyl (C=O) groups excluding carboxylic acids is 1. The van der Waals surface area contributed by atoms with E-state index >= 15 is 0 Å². The molecule has 1 saturated carbocycles. The van der Waals surface area contributed by atoms with E-state index in [1.165, 1.54) is 12.8 Å². The summed E-state index contributed by atoms with van der Waals surface area (Å²) in [6, 6.07) is 4.97. The van der Waals surface area contributed by atoms with Gasteiger partial charge in [0.1, 0.15) is 0 Å². The molecule has 2 rings (SSSR count). The Labute approximate surface area is 105 Å². The topological polar surface area (TPSA) is 29.1 Å². The quantitative estimate of drug-likeness (QED) is 0.822. The summed E-state index contributed by atoms with van der Waals surface area (Å²) in [5.74, 6) is 0.834. The minimum Gasteiger partial charge on any atom is -0.309 e. The molecule has 0 heterocycles. The van der Waals surface area contributed by atoms with Gasteiger partial charge in [0.2, 0.25) is 0 Å². The zero-order valence-corrected chi connectivity index (χ0v) is 10.3. The van der Waals surface area contributed by atoms with E-state index in [2.05, 4.69) is 5.32 Å². The summed E-state index contributed by atoms with van der Waals surface area (Å²) < 4.78 is 0. The third kappa shape index (κ3) is 3.21. The monoisotopic (exact) mass is 257 g/mol. The SMILES string of the molecule is O=C(CNCC1CC1)c1ccc(Cl)c(Cl)c1. The molecule has 0 unspecified atom stereocenters. The van der Waals surface area contributed by atoms with Gasteiger partial charge in [0.05, 0.1) is 16.6 Å². The first-order valence-corrected chi connectivity index (χ1v) is 6.11. The van der Waals surface area contributed by atoms with E-state index in [-0.39, 0.29) is 5.78 Å². The van der Waals surface area contributed by atoms with Crippen LogP contribution >= 0.6 is 23.2 Å². The summed E-state index contributed by atoms with van der Waals surface area (Å²) in [7, 11) is 0. The number of hydrogen-bond acceptors (Lipinski definition) is 2. The molecule has 86 valence electrons. The Morgan fingerprint density at radius 1 is 1.31 bits per heavy atom. The van der Waals surface area contributed by atoms with Crippen molar-refractivity contribution in [3.05, 3.63) is 33.8 Å². The highest BCUT2D eigenvalue weighted by Gasteiger charge is 2.20. The zero-order valence-electron chi connectivity index (χ0n) is 8.80. The van der Waals surface area contributed by atoms with Crippen molar-refractivity contribution in [3.8, 4) is 0 Å². The maximum atomic E-state index is 11.7. The lowest BCUT2D eigenvalue weighted by Gasteiger charge is -2.04. The Morgan fingerprint density at radius 3 is 2.69 bits per heavy atom. The van der Waals surface area contributed by atoms with Crippen molar-refractivity contribution in [1.82, 2.24) is 5.32 Å². The molecule has 0 amide bonds. The predicted octanol–water partition coefficient (Wildman–Crippen LogP) is 3.18. The second kappa shape index (κ2) is 5.17. The van der Waals surface area contributed by atoms with Crippen LogP contribution in [0.25, 0.3) is 0 Å². The first-order chi connectivity index (χ1) is 7.66. The Balaban J connectivity index is 1.88. The molecular formula is C12H13Cl2NO. The average Bonchev–Trinajstić information content (AvgIpc) is 3.06. The van der Waals surface area contributed by atoms with E-state index < -0.39 is 0 Å². The second-order valence-corrected chi connectivity index (χ2v) is 4.94. The molecule has 0 aromatic heterocycles. The third-order valence-electron chi connectivity index (χ3n) is 2.66. The van der Waals surface area contributed by atoms with Crippen LogP contribution in [0, 0.1) is 5.92 Å². The summed E-state index contributed by atoms with van der Waals surface area (Å²) in [5.41, 5.74) is 0.609. The average molecular weight is 258 g/mol. The van der Waals surface area contributed by atoms with Crippen molar-refractivity contribution in [1.29, 1.82) is 0 Å². The fraction of sp³-hybridized carbons (Fsp3) is 0.417. The van der Waals surface area contributed by atoms with Crippen LogP contribution in [0.15, 0.2) is 18.2 Å². The maximum Gasteiger partial charge on any atom is 0.176 e. The van der Waals surface area contributed by atoms with Gasteiger partial charge in [0.15, 0.2) is 5.78 Å². The van der Waals surface area contributed by atoms with E-state index in [4.69, 9.17) is 23.2 Å². The molecule has 4 heteroatoms. The predicted molar refractivity (Wildman–Crippen MR) is 66.4 cm³/mol. The Kier molecular flexibility index (Phi) is 3.85. The van der Waals surface area contributed by atoms with Crippen molar-refractivity contribution in [2.24, 2.45) is 5.92 Å². The minimum absolute atomic E-state index is 0.0548. The molecular weight excluding hydrogens is 245 g/mol. The molecule has 0 saturated heterocycles. The molecule has 0 bridgehead atoms. The highest BCUT2D eigenvalue weighted by atomic mass is 35.5. The van der Waals surface area contributed by atoms with Crippen LogP contribution < -0.4 is 5.32 Å². The number of carbonyl (C=O) groups is 1. The van der Waals surface area contributed by atoms with Gasteiger partial charge >= 0.3 is 0 Å². The van der Waals surface area contributed by atoms with E-state index in [0.717, 1.165) is 12.5 Å². The van der Waals surface area contributed by atoms with E-state index in [1.807, 2.05) is 0 Å². The van der Waals surface area contributed by atoms with Gasteiger partial charge in [-0.2, -0.15) is 0 Å². The first kappa shape index (κ1) is 11.9. The van der Waals surface area contributed by atoms with E-state index in [0.29, 0.717) is 22.2 Å². The highest BCUT2D eigenvalue weighted by molar-refractivity contribution is 6.42. The zero-order chi connectivity index (χ0) is 11.5. The van der Waals surface area contributed by atoms with Gasteiger partial charge in [-0.1, -0.05) is 23.2 Å². The molecule has 2 nitrogen and oxygen atoms in total. The Bertz CT molecular complexity index is 402. The van der Waals surface area contributed by atoms with E-state index in [1.54, 1.807) is 18.2 Å². The van der Waals surface area contributed by atoms with Gasteiger partial charge in [0, 0.05) is 5.56 Å². The van der Waals surface area contributed by atoms with Crippen molar-refractivity contribution in [2.75, 3.05) is 13.1 Å². The molecule has 1 aliphatic carbocycles. The number of ketones is 1. The van der Waals surface area contributed by atoms with Gasteiger partial charge in [-0.25, -0.2) is 0 Å².